The molecule has 2 fully saturated rings. The van der Waals surface area contributed by atoms with E-state index in [1.54, 1.807) is 28.0 Å². The molecule has 31 heavy (non-hydrogen) atoms. The Kier molecular flexibility index (Phi) is 5.08. The average molecular weight is 440 g/mol. The number of ether oxygens (including phenoxy) is 2. The molecule has 0 bridgehead atoms. The van der Waals surface area contributed by atoms with Crippen molar-refractivity contribution in [2.24, 2.45) is 0 Å². The van der Waals surface area contributed by atoms with Gasteiger partial charge in [0.2, 0.25) is 5.91 Å². The monoisotopic (exact) mass is 439 g/mol. The zero-order valence-corrected chi connectivity index (χ0v) is 17.6. The van der Waals surface area contributed by atoms with Gasteiger partial charge in [0.25, 0.3) is 0 Å². The van der Waals surface area contributed by atoms with Crippen molar-refractivity contribution in [3.8, 4) is 0 Å². The average Bonchev–Trinajstić information content (AvgIpc) is 3.23. The van der Waals surface area contributed by atoms with Gasteiger partial charge in [0.15, 0.2) is 5.60 Å². The number of aromatic amines is 1. The zero-order valence-electron chi connectivity index (χ0n) is 16.8. The molecule has 5 rings (SSSR count). The van der Waals surface area contributed by atoms with Crippen LogP contribution in [0.15, 0.2) is 54.7 Å². The van der Waals surface area contributed by atoms with E-state index in [4.69, 9.17) is 21.1 Å². The summed E-state index contributed by atoms with van der Waals surface area (Å²) in [5.74, 6) is -0.0214. The highest BCUT2D eigenvalue weighted by atomic mass is 35.5. The van der Waals surface area contributed by atoms with Crippen LogP contribution in [0.25, 0.3) is 10.9 Å². The van der Waals surface area contributed by atoms with Crippen LogP contribution in [0.1, 0.15) is 5.56 Å². The van der Waals surface area contributed by atoms with E-state index in [0.717, 1.165) is 16.5 Å². The first-order chi connectivity index (χ1) is 15.0. The van der Waals surface area contributed by atoms with Crippen molar-refractivity contribution < 1.29 is 19.1 Å². The van der Waals surface area contributed by atoms with Crippen LogP contribution < -0.4 is 4.90 Å². The molecule has 1 N–H and O–H groups in total. The van der Waals surface area contributed by atoms with Crippen molar-refractivity contribution in [2.75, 3.05) is 37.7 Å². The Morgan fingerprint density at radius 2 is 2.03 bits per heavy atom. The van der Waals surface area contributed by atoms with Gasteiger partial charge in [0.05, 0.1) is 32.7 Å². The number of hydrogen-bond acceptors (Lipinski definition) is 4. The van der Waals surface area contributed by atoms with Gasteiger partial charge in [0, 0.05) is 34.4 Å². The third-order valence-electron chi connectivity index (χ3n) is 5.81. The number of nitrogens with one attached hydrogen (secondary N) is 1. The number of rotatable bonds is 3. The molecule has 3 aromatic rings. The normalized spacial score (nSPS) is 21.5. The van der Waals surface area contributed by atoms with E-state index in [1.165, 1.54) is 0 Å². The summed E-state index contributed by atoms with van der Waals surface area (Å²) in [7, 11) is 0. The molecule has 0 saturated carbocycles. The summed E-state index contributed by atoms with van der Waals surface area (Å²) in [6.07, 6.45) is 1.69. The van der Waals surface area contributed by atoms with Crippen LogP contribution in [0.5, 0.6) is 0 Å². The Hall–Kier alpha value is -3.03. The number of para-hydroxylation sites is 1. The van der Waals surface area contributed by atoms with E-state index in [1.807, 2.05) is 36.5 Å². The van der Waals surface area contributed by atoms with Gasteiger partial charge in [-0.1, -0.05) is 35.9 Å². The highest BCUT2D eigenvalue weighted by Crippen LogP contribution is 2.32. The standard InChI is InChI=1S/C23H22ClN3O4/c24-17-4-3-5-18(11-17)27-14-23(31-22(27)29)13-26(8-9-30-15-23)21(28)10-16-12-25-20-7-2-1-6-19(16)20/h1-7,11-12,25H,8-10,13-15H2/t23-/m1/s1. The lowest BCUT2D eigenvalue weighted by atomic mass is 10.0. The molecule has 160 valence electrons. The minimum Gasteiger partial charge on any atom is -0.436 e. The van der Waals surface area contributed by atoms with Gasteiger partial charge in [-0.25, -0.2) is 4.79 Å². The molecule has 2 amide bonds. The molecule has 2 aromatic carbocycles. The second kappa shape index (κ2) is 7.90. The maximum absolute atomic E-state index is 13.2. The zero-order chi connectivity index (χ0) is 21.4. The minimum absolute atomic E-state index is 0.0214. The number of nitrogens with zero attached hydrogens (tertiary/aromatic N) is 2. The molecule has 2 saturated heterocycles. The van der Waals surface area contributed by atoms with Gasteiger partial charge >= 0.3 is 6.09 Å². The largest absolute Gasteiger partial charge is 0.436 e. The number of amides is 2. The van der Waals surface area contributed by atoms with Crippen molar-refractivity contribution in [3.63, 3.8) is 0 Å². The van der Waals surface area contributed by atoms with Gasteiger partial charge in [-0.15, -0.1) is 0 Å². The molecule has 7 nitrogen and oxygen atoms in total. The molecule has 1 spiro atoms. The molecule has 1 aromatic heterocycles. The summed E-state index contributed by atoms with van der Waals surface area (Å²) in [6, 6.07) is 15.0. The second-order valence-electron chi connectivity index (χ2n) is 8.02. The van der Waals surface area contributed by atoms with Crippen molar-refractivity contribution in [2.45, 2.75) is 12.0 Å². The molecule has 1 atom stereocenters. The van der Waals surface area contributed by atoms with Crippen LogP contribution in [-0.2, 0) is 20.7 Å². The fourth-order valence-electron chi connectivity index (χ4n) is 4.29. The first-order valence-corrected chi connectivity index (χ1v) is 10.6. The Bertz CT molecular complexity index is 1150. The van der Waals surface area contributed by atoms with E-state index in [2.05, 4.69) is 4.98 Å². The Morgan fingerprint density at radius 3 is 2.90 bits per heavy atom. The summed E-state index contributed by atoms with van der Waals surface area (Å²) in [6.45, 7) is 1.68. The molecule has 0 aliphatic carbocycles. The number of fused-ring (bicyclic) bond motifs is 1. The minimum atomic E-state index is -0.911. The van der Waals surface area contributed by atoms with E-state index < -0.39 is 11.7 Å². The van der Waals surface area contributed by atoms with Crippen LogP contribution in [0, 0.1) is 0 Å². The number of anilines is 1. The quantitative estimate of drug-likeness (QED) is 0.676. The lowest BCUT2D eigenvalue weighted by Crippen LogP contribution is -2.49. The SMILES string of the molecule is O=C(Cc1c[nH]c2ccccc12)N1CCOC[C@@]2(C1)CN(c1cccc(Cl)c1)C(=O)O2. The van der Waals surface area contributed by atoms with Crippen molar-refractivity contribution in [1.29, 1.82) is 0 Å². The first kappa shape index (κ1) is 19.9. The lowest BCUT2D eigenvalue weighted by molar-refractivity contribution is -0.132. The Morgan fingerprint density at radius 1 is 1.16 bits per heavy atom. The topological polar surface area (TPSA) is 74.9 Å². The molecule has 0 radical (unpaired) electrons. The van der Waals surface area contributed by atoms with Crippen molar-refractivity contribution >= 4 is 40.2 Å². The third kappa shape index (κ3) is 3.86. The van der Waals surface area contributed by atoms with Crippen LogP contribution in [0.2, 0.25) is 5.02 Å². The number of H-pyrrole nitrogens is 1. The predicted molar refractivity (Wildman–Crippen MR) is 117 cm³/mol. The molecule has 8 heteroatoms. The highest BCUT2D eigenvalue weighted by Gasteiger charge is 2.49. The molecular weight excluding hydrogens is 418 g/mol. The second-order valence-corrected chi connectivity index (χ2v) is 8.46. The Balaban J connectivity index is 1.34. The summed E-state index contributed by atoms with van der Waals surface area (Å²) < 4.78 is 11.5. The van der Waals surface area contributed by atoms with Gasteiger partial charge in [-0.3, -0.25) is 9.69 Å². The fourth-order valence-corrected chi connectivity index (χ4v) is 4.48. The molecule has 2 aliphatic rings. The number of halogens is 1. The number of hydrogen-bond donors (Lipinski definition) is 1. The van der Waals surface area contributed by atoms with Gasteiger partial charge in [-0.2, -0.15) is 0 Å². The van der Waals surface area contributed by atoms with Crippen LogP contribution in [0.4, 0.5) is 10.5 Å². The molecule has 3 heterocycles. The number of aromatic nitrogens is 1. The number of carbonyl (C=O) groups is 2. The Labute approximate surface area is 184 Å². The molecule has 2 aliphatic heterocycles. The number of benzene rings is 2. The summed E-state index contributed by atoms with van der Waals surface area (Å²) in [4.78, 5) is 32.3. The van der Waals surface area contributed by atoms with Gasteiger partial charge in [0.1, 0.15) is 0 Å². The van der Waals surface area contributed by atoms with Crippen LogP contribution in [-0.4, -0.2) is 60.3 Å². The first-order valence-electron chi connectivity index (χ1n) is 10.2. The number of carbonyl (C=O) groups excluding carboxylic acids is 2. The smallest absolute Gasteiger partial charge is 0.415 e. The third-order valence-corrected chi connectivity index (χ3v) is 6.04. The van der Waals surface area contributed by atoms with Crippen molar-refractivity contribution in [1.82, 2.24) is 9.88 Å². The van der Waals surface area contributed by atoms with Gasteiger partial charge in [-0.05, 0) is 29.8 Å². The highest BCUT2D eigenvalue weighted by molar-refractivity contribution is 6.30. The summed E-state index contributed by atoms with van der Waals surface area (Å²) in [5, 5.41) is 1.58. The van der Waals surface area contributed by atoms with Crippen LogP contribution >= 0.6 is 11.6 Å². The van der Waals surface area contributed by atoms with Crippen molar-refractivity contribution in [3.05, 3.63) is 65.3 Å². The molecular formula is C23H22ClN3O4. The van der Waals surface area contributed by atoms with Gasteiger partial charge < -0.3 is 19.4 Å². The van der Waals surface area contributed by atoms with E-state index in [9.17, 15) is 9.59 Å². The predicted octanol–water partition coefficient (Wildman–Crippen LogP) is 3.62. The van der Waals surface area contributed by atoms with Crippen LogP contribution in [0.3, 0.4) is 0 Å². The van der Waals surface area contributed by atoms with E-state index >= 15 is 0 Å². The maximum Gasteiger partial charge on any atom is 0.415 e. The fraction of sp³-hybridized carbons (Fsp3) is 0.304. The lowest BCUT2D eigenvalue weighted by Gasteiger charge is -2.29. The maximum atomic E-state index is 13.2. The summed E-state index contributed by atoms with van der Waals surface area (Å²) >= 11 is 6.09. The van der Waals surface area contributed by atoms with E-state index in [-0.39, 0.29) is 25.5 Å². The van der Waals surface area contributed by atoms with E-state index in [0.29, 0.717) is 30.4 Å². The summed E-state index contributed by atoms with van der Waals surface area (Å²) in [5.41, 5.74) is 1.70. The molecule has 0 unspecified atom stereocenters.